The summed E-state index contributed by atoms with van der Waals surface area (Å²) >= 11 is 28.4. The van der Waals surface area contributed by atoms with E-state index in [1.807, 2.05) is 10.3 Å². The molecular weight excluding hydrogens is 1400 g/mol. The number of carbonyl (C=O) groups is 7. The molecule has 0 aromatic carbocycles. The number of aromatic nitrogens is 12. The van der Waals surface area contributed by atoms with Crippen LogP contribution in [-0.2, 0) is 73.9 Å². The smallest absolute Gasteiger partial charge is 0.334 e. The van der Waals surface area contributed by atoms with Crippen molar-refractivity contribution in [2.75, 3.05) is 54.0 Å². The molecule has 0 saturated carbocycles. The molecule has 0 atom stereocenters. The molecule has 98 heavy (non-hydrogen) atoms. The summed E-state index contributed by atoms with van der Waals surface area (Å²) in [6.45, 7) is 7.30. The topological polar surface area (TPSA) is 420 Å². The summed E-state index contributed by atoms with van der Waals surface area (Å²) in [5.41, 5.74) is 3.69. The first-order chi connectivity index (χ1) is 46.7. The van der Waals surface area contributed by atoms with E-state index in [0.29, 0.717) is 17.3 Å². The minimum atomic E-state index is -1.09. The van der Waals surface area contributed by atoms with Gasteiger partial charge < -0.3 is 35.1 Å². The number of carboxylic acids is 1. The quantitative estimate of drug-likeness (QED) is 0.00736. The lowest BCUT2D eigenvalue weighted by Gasteiger charge is -2.05. The molecule has 38 heteroatoms. The van der Waals surface area contributed by atoms with Crippen LogP contribution in [0.4, 0.5) is 15.0 Å². The van der Waals surface area contributed by atoms with E-state index >= 15 is 0 Å². The minimum Gasteiger partial charge on any atom is -0.504 e. The summed E-state index contributed by atoms with van der Waals surface area (Å²) in [6.07, 6.45) is 30.5. The third-order valence-electron chi connectivity index (χ3n) is 11.8. The number of esters is 2. The molecule has 32 nitrogen and oxygen atoms in total. The number of hydrogen-bond donors (Lipinski definition) is 7. The molecule has 0 aliphatic carbocycles. The van der Waals surface area contributed by atoms with Crippen LogP contribution in [0.5, 0.6) is 0 Å². The Balaban J connectivity index is 0. The number of urea groups is 1. The highest BCUT2D eigenvalue weighted by Gasteiger charge is 2.16. The number of unbranched alkanes of at least 4 members (excludes halogenated alkanes) is 12. The number of nitrogens with one attached hydrogen (secondary N) is 5. The molecule has 8 N–H and O–H groups in total. The number of carbonyl (C=O) groups excluding carboxylic acids is 6. The van der Waals surface area contributed by atoms with Gasteiger partial charge in [-0.05, 0) is 37.9 Å². The Kier molecular flexibility index (Phi) is 49.2. The fourth-order valence-electron chi connectivity index (χ4n) is 7.26. The van der Waals surface area contributed by atoms with Crippen LogP contribution >= 0.6 is 58.0 Å². The van der Waals surface area contributed by atoms with Gasteiger partial charge in [-0.25, -0.2) is 14.4 Å². The van der Waals surface area contributed by atoms with Crippen molar-refractivity contribution in [1.29, 1.82) is 0 Å². The number of alkyl halides is 1. The lowest BCUT2D eigenvalue weighted by Crippen LogP contribution is -2.33. The van der Waals surface area contributed by atoms with Gasteiger partial charge in [0.05, 0.1) is 60.2 Å². The zero-order chi connectivity index (χ0) is 74.0. The van der Waals surface area contributed by atoms with E-state index in [1.165, 1.54) is 163 Å². The van der Waals surface area contributed by atoms with Crippen LogP contribution in [-0.4, -0.2) is 153 Å². The number of methoxy groups -OCH3 is 4. The normalized spacial score (nSPS) is 10.2. The van der Waals surface area contributed by atoms with Crippen LogP contribution < -0.4 is 44.2 Å². The molecule has 0 saturated heterocycles. The first kappa shape index (κ1) is 89.1. The number of nitrogens with zero attached hydrogens (tertiary/aromatic N) is 10. The molecule has 0 fully saturated rings. The fourth-order valence-corrected chi connectivity index (χ4v) is 8.14. The lowest BCUT2D eigenvalue weighted by molar-refractivity contribution is -0.142. The molecule has 4 amide bonds. The maximum Gasteiger partial charge on any atom is 0.334 e. The van der Waals surface area contributed by atoms with Crippen LogP contribution in [0.15, 0.2) is 93.2 Å². The first-order valence-corrected chi connectivity index (χ1v) is 31.5. The van der Waals surface area contributed by atoms with E-state index in [4.69, 9.17) is 70.2 Å². The second kappa shape index (κ2) is 54.2. The number of anilines is 1. The molecule has 0 spiro atoms. The van der Waals surface area contributed by atoms with E-state index in [-0.39, 0.29) is 78.0 Å². The van der Waals surface area contributed by atoms with Crippen LogP contribution in [0.3, 0.4) is 0 Å². The van der Waals surface area contributed by atoms with Gasteiger partial charge in [0, 0.05) is 68.0 Å². The average molecular weight is 1490 g/mol. The van der Waals surface area contributed by atoms with Gasteiger partial charge >= 0.3 is 35.3 Å². The third kappa shape index (κ3) is 40.6. The minimum absolute atomic E-state index is 0. The van der Waals surface area contributed by atoms with Gasteiger partial charge in [-0.15, -0.1) is 0 Å². The summed E-state index contributed by atoms with van der Waals surface area (Å²) in [5.74, 6) is -2.58. The van der Waals surface area contributed by atoms with Crippen LogP contribution in [0, 0.1) is 6.92 Å². The standard InChI is InChI=1S/C18H26ClN5O3.C11H13ClN4O5.C9H7ClN4O4.C9H21N.C7H9ClN2O2.C4H5ClO2.CH3F.CH4/c1-2-3-4-5-6-7-8-10-20-16(26)13-23-12-14(19)17(22-23)24-11-9-15(25)21-18(24)27;1-20-4-3-8(17)13-11(19)14-10-7(12)5-16(15-10)6-9(18)21-2;10-5-3-13(4-7(16)17)12-8(5)14-2-1-6(15)11-9(14)18;1-2-3-4-5-6-7-8-9-10;1-5-6(8)3-10(9-5)4-7(11)12-2;1-7-3-2-4(5)6;1-2;/h9,11-12H,2-8,10,13H2,1H3,(H,20,26)(H,21,25,27);3-5H,6H2,1-2H3,(H2,13,14,15,17,19);1-3H,4H2,(H,16,17)(H,11,15,18);2-10H2,1H3;3H,4H2,1-2H3;2-3H,1H3;1H3;1H4/b;4-3+;;;;3-2+;;/i;;;;;;1D;. The number of imide groups is 1. The van der Waals surface area contributed by atoms with Gasteiger partial charge in [-0.3, -0.25) is 91.2 Å². The summed E-state index contributed by atoms with van der Waals surface area (Å²) in [7, 11) is 4.37. The Hall–Kier alpha value is -8.89. The Labute approximate surface area is 591 Å². The van der Waals surface area contributed by atoms with Crippen molar-refractivity contribution in [2.24, 2.45) is 5.73 Å². The van der Waals surface area contributed by atoms with Crippen molar-refractivity contribution in [2.45, 2.75) is 144 Å². The lowest BCUT2D eigenvalue weighted by atomic mass is 10.1. The molecule has 0 aliphatic heterocycles. The number of aromatic amines is 2. The monoisotopic (exact) mass is 1480 g/mol. The predicted molar refractivity (Wildman–Crippen MR) is 370 cm³/mol. The second-order valence-electron chi connectivity index (χ2n) is 19.5. The largest absolute Gasteiger partial charge is 0.504 e. The number of aryl methyl sites for hydroxylation is 1. The summed E-state index contributed by atoms with van der Waals surface area (Å²) in [6, 6.07) is 1.51. The molecule has 6 rings (SSSR count). The molecule has 0 aliphatic rings. The van der Waals surface area contributed by atoms with Gasteiger partial charge in [-0.2, -0.15) is 20.4 Å². The summed E-state index contributed by atoms with van der Waals surface area (Å²) < 4.78 is 40.6. The van der Waals surface area contributed by atoms with Crippen molar-refractivity contribution in [1.82, 2.24) is 68.9 Å². The Morgan fingerprint density at radius 3 is 1.45 bits per heavy atom. The number of halogens is 6. The molecule has 0 radical (unpaired) electrons. The zero-order valence-corrected chi connectivity index (χ0v) is 58.4. The number of rotatable bonds is 30. The van der Waals surface area contributed by atoms with E-state index < -0.39 is 58.8 Å². The van der Waals surface area contributed by atoms with Gasteiger partial charge in [0.2, 0.25) is 11.1 Å². The maximum absolute atomic E-state index is 12.0. The SMILES string of the molecule is C.CCCCCCCCCN.CCCCCCCCCNC(=O)Cn1cc(Cl)c(-n2ccc(=O)[nH]c2=O)n1.CO/C=C/C(=O)Cl.CO/C=C/C(=O)NC(=O)Nc1nn(CC(=O)OC)cc1Cl.COC(=O)Cn1cc(Cl)c(C)n1.O=C(O)Cn1cc(Cl)c(-n2ccc(=O)[nH]c2=O)n1.[2H]CF. The van der Waals surface area contributed by atoms with Crippen molar-refractivity contribution in [3.05, 3.63) is 141 Å². The number of nitrogens with two attached hydrogens (primary N) is 1. The highest BCUT2D eigenvalue weighted by atomic mass is 35.5. The molecule has 6 aromatic rings. The third-order valence-corrected chi connectivity index (χ3v) is 13.1. The van der Waals surface area contributed by atoms with Crippen molar-refractivity contribution in [3.63, 3.8) is 0 Å². The van der Waals surface area contributed by atoms with Crippen molar-refractivity contribution in [3.8, 4) is 11.6 Å². The summed E-state index contributed by atoms with van der Waals surface area (Å²) in [4.78, 5) is 126. The number of allylic oxidation sites excluding steroid dienone is 1. The van der Waals surface area contributed by atoms with Crippen molar-refractivity contribution < 1.29 is 63.4 Å². The van der Waals surface area contributed by atoms with E-state index in [2.05, 4.69) is 68.8 Å². The number of aliphatic carboxylic acids is 1. The van der Waals surface area contributed by atoms with Gasteiger partial charge in [0.1, 0.15) is 41.2 Å². The Morgan fingerprint density at radius 1 is 0.622 bits per heavy atom. The molecule has 0 bridgehead atoms. The Bertz CT molecular complexity index is 3650. The highest BCUT2D eigenvalue weighted by Crippen LogP contribution is 2.20. The molecule has 0 unspecified atom stereocenters. The Morgan fingerprint density at radius 2 is 1.04 bits per heavy atom. The molecule has 6 aromatic heterocycles. The van der Waals surface area contributed by atoms with E-state index in [1.54, 1.807) is 13.1 Å². The fraction of sp³-hybridized carbons (Fsp3) is 0.483. The number of amides is 4. The first-order valence-electron chi connectivity index (χ1n) is 30.3. The van der Waals surface area contributed by atoms with Gasteiger partial charge in [-0.1, -0.05) is 145 Å². The molecule has 546 valence electrons. The van der Waals surface area contributed by atoms with Crippen LogP contribution in [0.1, 0.15) is 118 Å². The number of ether oxygens (including phenoxy) is 4. The zero-order valence-electron chi connectivity index (χ0n) is 55.7. The van der Waals surface area contributed by atoms with Gasteiger partial charge in [0.25, 0.3) is 17.0 Å². The molecular formula is C60H88Cl5FN16O16. The van der Waals surface area contributed by atoms with Crippen LogP contribution in [0.25, 0.3) is 11.6 Å². The highest BCUT2D eigenvalue weighted by molar-refractivity contribution is 6.66. The predicted octanol–water partition coefficient (Wildman–Crippen LogP) is 8.07. The number of H-pyrrole nitrogens is 2. The second-order valence-corrected chi connectivity index (χ2v) is 21.5. The number of carboxylic acid groups (broad SMARTS) is 1. The maximum atomic E-state index is 12.0. The van der Waals surface area contributed by atoms with Gasteiger partial charge in [0.15, 0.2) is 17.5 Å². The number of hydrogen-bond acceptors (Lipinski definition) is 20. The van der Waals surface area contributed by atoms with E-state index in [9.17, 15) is 57.1 Å². The van der Waals surface area contributed by atoms with Crippen LogP contribution in [0.2, 0.25) is 20.1 Å². The molecule has 6 heterocycles. The van der Waals surface area contributed by atoms with E-state index in [0.717, 1.165) is 57.7 Å². The van der Waals surface area contributed by atoms with Crippen molar-refractivity contribution >= 4 is 105 Å². The average Bonchev–Trinajstić information content (AvgIpc) is 1.74. The summed E-state index contributed by atoms with van der Waals surface area (Å²) in [5, 5.41) is 32.0.